The Bertz CT molecular complexity index is 1000. The normalized spacial score (nSPS) is 14.8. The van der Waals surface area contributed by atoms with Gasteiger partial charge in [0.05, 0.1) is 6.04 Å². The predicted molar refractivity (Wildman–Crippen MR) is 124 cm³/mol. The second kappa shape index (κ2) is 11.5. The third kappa shape index (κ3) is 7.31. The quantitative estimate of drug-likeness (QED) is 0.289. The molecule has 180 valence electrons. The first-order chi connectivity index (χ1) is 15.5. The number of rotatable bonds is 11. The fourth-order valence-corrected chi connectivity index (χ4v) is 3.40. The van der Waals surface area contributed by atoms with E-state index in [0.717, 1.165) is 16.5 Å². The smallest absolute Gasteiger partial charge is 0.326 e. The number of carboxylic acid groups (broad SMARTS) is 1. The number of H-pyrrole nitrogens is 1. The summed E-state index contributed by atoms with van der Waals surface area (Å²) in [4.78, 5) is 52.2. The Labute approximate surface area is 192 Å². The van der Waals surface area contributed by atoms with E-state index in [1.807, 2.05) is 38.1 Å². The lowest BCUT2D eigenvalue weighted by Crippen LogP contribution is -2.56. The average Bonchev–Trinajstić information content (AvgIpc) is 3.14. The van der Waals surface area contributed by atoms with Crippen LogP contribution >= 0.6 is 0 Å². The molecule has 0 spiro atoms. The Morgan fingerprint density at radius 2 is 1.58 bits per heavy atom. The van der Waals surface area contributed by atoms with Crippen molar-refractivity contribution in [3.05, 3.63) is 36.0 Å². The summed E-state index contributed by atoms with van der Waals surface area (Å²) in [6, 6.07) is 3.63. The number of nitrogens with one attached hydrogen (secondary N) is 4. The van der Waals surface area contributed by atoms with E-state index >= 15 is 0 Å². The van der Waals surface area contributed by atoms with Gasteiger partial charge in [0.2, 0.25) is 17.7 Å². The average molecular weight is 460 g/mol. The molecule has 2 aromatic rings. The van der Waals surface area contributed by atoms with Crippen LogP contribution in [0.1, 0.15) is 39.7 Å². The fraction of sp³-hybridized carbons (Fsp3) is 0.478. The van der Waals surface area contributed by atoms with Gasteiger partial charge in [-0.2, -0.15) is 0 Å². The van der Waals surface area contributed by atoms with E-state index in [9.17, 15) is 24.3 Å². The van der Waals surface area contributed by atoms with Crippen molar-refractivity contribution in [1.29, 1.82) is 0 Å². The van der Waals surface area contributed by atoms with E-state index in [1.165, 1.54) is 13.8 Å². The lowest BCUT2D eigenvalue weighted by Gasteiger charge is -2.24. The van der Waals surface area contributed by atoms with Gasteiger partial charge in [-0.05, 0) is 37.8 Å². The highest BCUT2D eigenvalue weighted by Crippen LogP contribution is 2.19. The van der Waals surface area contributed by atoms with Gasteiger partial charge in [-0.1, -0.05) is 32.0 Å². The lowest BCUT2D eigenvalue weighted by molar-refractivity contribution is -0.142. The highest BCUT2D eigenvalue weighted by atomic mass is 16.4. The van der Waals surface area contributed by atoms with Gasteiger partial charge in [-0.25, -0.2) is 4.79 Å². The van der Waals surface area contributed by atoms with E-state index in [4.69, 9.17) is 5.73 Å². The minimum absolute atomic E-state index is 0.0756. The molecule has 0 radical (unpaired) electrons. The van der Waals surface area contributed by atoms with E-state index in [1.54, 1.807) is 6.20 Å². The molecule has 0 aliphatic carbocycles. The van der Waals surface area contributed by atoms with Crippen LogP contribution in [0, 0.1) is 5.92 Å². The molecule has 10 heteroatoms. The van der Waals surface area contributed by atoms with Gasteiger partial charge < -0.3 is 31.8 Å². The molecule has 2 rings (SSSR count). The maximum absolute atomic E-state index is 12.7. The topological polar surface area (TPSA) is 166 Å². The summed E-state index contributed by atoms with van der Waals surface area (Å²) in [6.07, 6.45) is 2.15. The van der Waals surface area contributed by atoms with Crippen molar-refractivity contribution >= 4 is 34.6 Å². The van der Waals surface area contributed by atoms with E-state index in [0.29, 0.717) is 6.42 Å². The third-order valence-electron chi connectivity index (χ3n) is 5.22. The fourth-order valence-electron chi connectivity index (χ4n) is 3.40. The standard InChI is InChI=1S/C23H33N5O5/c1-12(2)9-18(27-20(29)13(3)24)22(31)26-14(4)21(30)28-19(23(32)33)10-15-11-25-17-8-6-5-7-16(15)17/h5-8,11-14,18-19,25H,9-10,24H2,1-4H3,(H,26,31)(H,27,29)(H,28,30)(H,32,33). The largest absolute Gasteiger partial charge is 0.480 e. The van der Waals surface area contributed by atoms with Gasteiger partial charge in [-0.15, -0.1) is 0 Å². The van der Waals surface area contributed by atoms with Crippen molar-refractivity contribution in [1.82, 2.24) is 20.9 Å². The Morgan fingerprint density at radius 3 is 2.18 bits per heavy atom. The van der Waals surface area contributed by atoms with Crippen molar-refractivity contribution in [3.63, 3.8) is 0 Å². The second-order valence-corrected chi connectivity index (χ2v) is 8.67. The van der Waals surface area contributed by atoms with Crippen LogP contribution in [0.3, 0.4) is 0 Å². The lowest BCUT2D eigenvalue weighted by atomic mass is 10.0. The van der Waals surface area contributed by atoms with Crippen LogP contribution in [0.5, 0.6) is 0 Å². The summed E-state index contributed by atoms with van der Waals surface area (Å²) in [5, 5.41) is 18.1. The molecule has 7 N–H and O–H groups in total. The number of nitrogens with two attached hydrogens (primary N) is 1. The molecule has 3 amide bonds. The SMILES string of the molecule is CC(C)CC(NC(=O)C(C)N)C(=O)NC(C)C(=O)NC(Cc1c[nH]c2ccccc12)C(=O)O. The molecule has 0 aliphatic heterocycles. The monoisotopic (exact) mass is 459 g/mol. The molecule has 0 fully saturated rings. The number of carbonyl (C=O) groups excluding carboxylic acids is 3. The van der Waals surface area contributed by atoms with Crippen LogP contribution in [-0.4, -0.2) is 57.9 Å². The molecule has 33 heavy (non-hydrogen) atoms. The Kier molecular flexibility index (Phi) is 8.98. The number of aromatic amines is 1. The Hall–Kier alpha value is -3.40. The number of carbonyl (C=O) groups is 4. The molecular weight excluding hydrogens is 426 g/mol. The van der Waals surface area contributed by atoms with Crippen molar-refractivity contribution in [3.8, 4) is 0 Å². The number of amides is 3. The number of carboxylic acids is 1. The summed E-state index contributed by atoms with van der Waals surface area (Å²) in [5.41, 5.74) is 7.20. The van der Waals surface area contributed by atoms with E-state index in [2.05, 4.69) is 20.9 Å². The molecule has 4 unspecified atom stereocenters. The molecule has 10 nitrogen and oxygen atoms in total. The number of hydrogen-bond donors (Lipinski definition) is 6. The summed E-state index contributed by atoms with van der Waals surface area (Å²) in [7, 11) is 0. The molecule has 0 bridgehead atoms. The second-order valence-electron chi connectivity index (χ2n) is 8.67. The number of aliphatic carboxylic acids is 1. The Balaban J connectivity index is 2.04. The molecule has 1 aromatic heterocycles. The molecule has 0 aliphatic rings. The van der Waals surface area contributed by atoms with E-state index in [-0.39, 0.29) is 12.3 Å². The van der Waals surface area contributed by atoms with Crippen LogP contribution in [-0.2, 0) is 25.6 Å². The van der Waals surface area contributed by atoms with Gasteiger partial charge >= 0.3 is 5.97 Å². The van der Waals surface area contributed by atoms with Crippen molar-refractivity contribution < 1.29 is 24.3 Å². The maximum atomic E-state index is 12.7. The molecule has 1 aromatic carbocycles. The van der Waals surface area contributed by atoms with Crippen LogP contribution in [0.2, 0.25) is 0 Å². The molecular formula is C23H33N5O5. The van der Waals surface area contributed by atoms with Crippen LogP contribution in [0.4, 0.5) is 0 Å². The molecule has 0 saturated heterocycles. The number of para-hydroxylation sites is 1. The first-order valence-electron chi connectivity index (χ1n) is 10.9. The van der Waals surface area contributed by atoms with Crippen molar-refractivity contribution in [2.45, 2.75) is 64.7 Å². The number of hydrogen-bond acceptors (Lipinski definition) is 5. The van der Waals surface area contributed by atoms with Crippen molar-refractivity contribution in [2.24, 2.45) is 11.7 Å². The summed E-state index contributed by atoms with van der Waals surface area (Å²) in [5.74, 6) is -2.74. The molecule has 0 saturated carbocycles. The highest BCUT2D eigenvalue weighted by molar-refractivity contribution is 5.94. The zero-order chi connectivity index (χ0) is 24.7. The maximum Gasteiger partial charge on any atom is 0.326 e. The third-order valence-corrected chi connectivity index (χ3v) is 5.22. The number of aromatic nitrogens is 1. The Morgan fingerprint density at radius 1 is 0.939 bits per heavy atom. The molecule has 4 atom stereocenters. The zero-order valence-corrected chi connectivity index (χ0v) is 19.3. The first-order valence-corrected chi connectivity index (χ1v) is 10.9. The van der Waals surface area contributed by atoms with E-state index < -0.39 is 47.9 Å². The summed E-state index contributed by atoms with van der Waals surface area (Å²) in [6.45, 7) is 6.76. The van der Waals surface area contributed by atoms with Crippen LogP contribution < -0.4 is 21.7 Å². The van der Waals surface area contributed by atoms with Crippen molar-refractivity contribution in [2.75, 3.05) is 0 Å². The highest BCUT2D eigenvalue weighted by Gasteiger charge is 2.28. The molecule has 1 heterocycles. The van der Waals surface area contributed by atoms with Gasteiger partial charge in [-0.3, -0.25) is 14.4 Å². The minimum atomic E-state index is -1.19. The zero-order valence-electron chi connectivity index (χ0n) is 19.3. The number of benzene rings is 1. The van der Waals surface area contributed by atoms with Gasteiger partial charge in [0.25, 0.3) is 0 Å². The van der Waals surface area contributed by atoms with Crippen LogP contribution in [0.15, 0.2) is 30.5 Å². The predicted octanol–water partition coefficient (Wildman–Crippen LogP) is 0.663. The number of fused-ring (bicyclic) bond motifs is 1. The van der Waals surface area contributed by atoms with Gasteiger partial charge in [0.15, 0.2) is 0 Å². The van der Waals surface area contributed by atoms with Crippen LogP contribution in [0.25, 0.3) is 10.9 Å². The van der Waals surface area contributed by atoms with Gasteiger partial charge in [0.1, 0.15) is 18.1 Å². The summed E-state index contributed by atoms with van der Waals surface area (Å²) < 4.78 is 0. The van der Waals surface area contributed by atoms with Gasteiger partial charge in [0, 0.05) is 23.5 Å². The summed E-state index contributed by atoms with van der Waals surface area (Å²) >= 11 is 0. The minimum Gasteiger partial charge on any atom is -0.480 e. The first kappa shape index (κ1) is 25.9.